The van der Waals surface area contributed by atoms with E-state index in [-0.39, 0.29) is 6.04 Å². The van der Waals surface area contributed by atoms with Gasteiger partial charge in [0, 0.05) is 10.9 Å². The summed E-state index contributed by atoms with van der Waals surface area (Å²) in [7, 11) is 0. The van der Waals surface area contributed by atoms with Gasteiger partial charge in [0.25, 0.3) is 0 Å². The highest BCUT2D eigenvalue weighted by Crippen LogP contribution is 2.26. The third kappa shape index (κ3) is 1.86. The molecule has 0 aromatic rings. The lowest BCUT2D eigenvalue weighted by Gasteiger charge is -2.30. The maximum atomic E-state index is 9.98. The number of amides is 1. The zero-order valence-corrected chi connectivity index (χ0v) is 6.39. The van der Waals surface area contributed by atoms with Crippen molar-refractivity contribution < 1.29 is 9.90 Å². The predicted molar refractivity (Wildman–Crippen MR) is 36.9 cm³/mol. The number of halogens is 1. The highest BCUT2D eigenvalue weighted by atomic mass is 79.9. The van der Waals surface area contributed by atoms with E-state index in [1.54, 1.807) is 0 Å². The molecule has 1 saturated carbocycles. The first-order valence-corrected chi connectivity index (χ1v) is 3.73. The molecule has 1 aliphatic rings. The maximum absolute atomic E-state index is 9.98. The Labute approximate surface area is 61.6 Å². The number of hydrogen-bond acceptors (Lipinski definition) is 1. The second-order valence-corrected chi connectivity index (χ2v) is 3.51. The zero-order chi connectivity index (χ0) is 6.85. The number of carbonyl (C=O) groups is 1. The molecule has 4 heteroatoms. The molecule has 0 heterocycles. The van der Waals surface area contributed by atoms with Gasteiger partial charge >= 0.3 is 6.09 Å². The van der Waals surface area contributed by atoms with Gasteiger partial charge in [-0.25, -0.2) is 4.79 Å². The fourth-order valence-corrected chi connectivity index (χ4v) is 1.74. The van der Waals surface area contributed by atoms with Crippen molar-refractivity contribution in [2.45, 2.75) is 23.7 Å². The Kier molecular flexibility index (Phi) is 1.95. The average Bonchev–Trinajstić information content (AvgIpc) is 1.60. The Morgan fingerprint density at radius 2 is 2.22 bits per heavy atom. The minimum Gasteiger partial charge on any atom is -0.465 e. The van der Waals surface area contributed by atoms with Gasteiger partial charge in [-0.1, -0.05) is 15.9 Å². The minimum absolute atomic E-state index is 0.187. The minimum atomic E-state index is -0.917. The lowest BCUT2D eigenvalue weighted by atomic mass is 9.93. The van der Waals surface area contributed by atoms with Crippen molar-refractivity contribution >= 4 is 22.0 Å². The van der Waals surface area contributed by atoms with Crippen molar-refractivity contribution in [1.82, 2.24) is 5.32 Å². The molecule has 0 unspecified atom stereocenters. The second-order valence-electron chi connectivity index (χ2n) is 2.22. The highest BCUT2D eigenvalue weighted by molar-refractivity contribution is 9.09. The van der Waals surface area contributed by atoms with Gasteiger partial charge in [0.05, 0.1) is 0 Å². The van der Waals surface area contributed by atoms with E-state index in [1.165, 1.54) is 0 Å². The Morgan fingerprint density at radius 1 is 1.67 bits per heavy atom. The number of rotatable bonds is 1. The molecule has 1 fully saturated rings. The van der Waals surface area contributed by atoms with E-state index in [2.05, 4.69) is 21.2 Å². The number of nitrogens with one attached hydrogen (secondary N) is 1. The molecule has 0 aromatic heterocycles. The first-order valence-electron chi connectivity index (χ1n) is 2.82. The summed E-state index contributed by atoms with van der Waals surface area (Å²) in [5.41, 5.74) is 0. The third-order valence-corrected chi connectivity index (χ3v) is 2.16. The molecule has 0 atom stereocenters. The van der Waals surface area contributed by atoms with Crippen molar-refractivity contribution in [2.24, 2.45) is 0 Å². The van der Waals surface area contributed by atoms with Crippen LogP contribution < -0.4 is 5.32 Å². The lowest BCUT2D eigenvalue weighted by molar-refractivity contribution is 0.183. The van der Waals surface area contributed by atoms with Crippen LogP contribution in [0, 0.1) is 0 Å². The Bertz CT molecular complexity index is 122. The van der Waals surface area contributed by atoms with Gasteiger partial charge in [0.1, 0.15) is 0 Å². The van der Waals surface area contributed by atoms with E-state index < -0.39 is 6.09 Å². The molecule has 0 aliphatic heterocycles. The summed E-state index contributed by atoms with van der Waals surface area (Å²) in [6.07, 6.45) is 0.929. The van der Waals surface area contributed by atoms with Gasteiger partial charge in [0.2, 0.25) is 0 Å². The zero-order valence-electron chi connectivity index (χ0n) is 4.80. The molecule has 0 bridgehead atoms. The van der Waals surface area contributed by atoms with Crippen LogP contribution in [-0.4, -0.2) is 22.1 Å². The first kappa shape index (κ1) is 6.86. The standard InChI is InChI=1S/C5H8BrNO2/c6-3-1-4(2-3)7-5(8)9/h3-4,7H,1-2H2,(H,8,9). The molecule has 0 aromatic carbocycles. The van der Waals surface area contributed by atoms with E-state index in [1.807, 2.05) is 0 Å². The van der Waals surface area contributed by atoms with Gasteiger partial charge in [-0.15, -0.1) is 0 Å². The van der Waals surface area contributed by atoms with E-state index in [0.29, 0.717) is 4.83 Å². The van der Waals surface area contributed by atoms with Crippen LogP contribution >= 0.6 is 15.9 Å². The summed E-state index contributed by atoms with van der Waals surface area (Å²) in [6.45, 7) is 0. The van der Waals surface area contributed by atoms with Crippen LogP contribution in [-0.2, 0) is 0 Å². The Balaban J connectivity index is 2.11. The van der Waals surface area contributed by atoms with Crippen LogP contribution in [0.15, 0.2) is 0 Å². The molecule has 1 rings (SSSR count). The third-order valence-electron chi connectivity index (χ3n) is 1.41. The highest BCUT2D eigenvalue weighted by Gasteiger charge is 2.27. The molecule has 9 heavy (non-hydrogen) atoms. The van der Waals surface area contributed by atoms with E-state index in [4.69, 9.17) is 5.11 Å². The van der Waals surface area contributed by atoms with Gasteiger partial charge in [-0.05, 0) is 12.8 Å². The second kappa shape index (κ2) is 2.56. The lowest BCUT2D eigenvalue weighted by Crippen LogP contribution is -2.44. The molecule has 1 amide bonds. The summed E-state index contributed by atoms with van der Waals surface area (Å²) in [6, 6.07) is 0.187. The largest absolute Gasteiger partial charge is 0.465 e. The summed E-state index contributed by atoms with van der Waals surface area (Å²) in [5, 5.41) is 10.6. The molecule has 0 saturated heterocycles. The molecule has 0 radical (unpaired) electrons. The van der Waals surface area contributed by atoms with Gasteiger partial charge in [0.15, 0.2) is 0 Å². The van der Waals surface area contributed by atoms with Crippen LogP contribution in [0.25, 0.3) is 0 Å². The van der Waals surface area contributed by atoms with Gasteiger partial charge < -0.3 is 10.4 Å². The van der Waals surface area contributed by atoms with Crippen LogP contribution in [0.1, 0.15) is 12.8 Å². The summed E-state index contributed by atoms with van der Waals surface area (Å²) >= 11 is 3.36. The molecule has 2 N–H and O–H groups in total. The molecular weight excluding hydrogens is 186 g/mol. The topological polar surface area (TPSA) is 49.3 Å². The SMILES string of the molecule is O=C(O)NC1CC(Br)C1. The van der Waals surface area contributed by atoms with Crippen LogP contribution in [0.5, 0.6) is 0 Å². The molecule has 3 nitrogen and oxygen atoms in total. The fourth-order valence-electron chi connectivity index (χ4n) is 0.841. The van der Waals surface area contributed by atoms with Gasteiger partial charge in [-0.2, -0.15) is 0 Å². The van der Waals surface area contributed by atoms with Gasteiger partial charge in [-0.3, -0.25) is 0 Å². The first-order chi connectivity index (χ1) is 4.18. The van der Waals surface area contributed by atoms with E-state index in [9.17, 15) is 4.79 Å². The molecular formula is C5H8BrNO2. The summed E-state index contributed by atoms with van der Waals surface area (Å²) in [4.78, 5) is 10.5. The maximum Gasteiger partial charge on any atom is 0.404 e. The normalized spacial score (nSPS) is 33.0. The van der Waals surface area contributed by atoms with Crippen molar-refractivity contribution in [3.05, 3.63) is 0 Å². The Hall–Kier alpha value is -0.250. The fraction of sp³-hybridized carbons (Fsp3) is 0.800. The quantitative estimate of drug-likeness (QED) is 0.615. The van der Waals surface area contributed by atoms with Crippen molar-refractivity contribution in [1.29, 1.82) is 0 Å². The number of alkyl halides is 1. The van der Waals surface area contributed by atoms with Crippen LogP contribution in [0.2, 0.25) is 0 Å². The van der Waals surface area contributed by atoms with Crippen molar-refractivity contribution in [2.75, 3.05) is 0 Å². The van der Waals surface area contributed by atoms with Crippen LogP contribution in [0.3, 0.4) is 0 Å². The summed E-state index contributed by atoms with van der Waals surface area (Å²) in [5.74, 6) is 0. The smallest absolute Gasteiger partial charge is 0.404 e. The molecule has 52 valence electrons. The Morgan fingerprint density at radius 3 is 2.56 bits per heavy atom. The monoisotopic (exact) mass is 193 g/mol. The summed E-state index contributed by atoms with van der Waals surface area (Å²) < 4.78 is 0. The van der Waals surface area contributed by atoms with Crippen molar-refractivity contribution in [3.63, 3.8) is 0 Å². The number of hydrogen-bond donors (Lipinski definition) is 2. The average molecular weight is 194 g/mol. The van der Waals surface area contributed by atoms with Crippen LogP contribution in [0.4, 0.5) is 4.79 Å². The van der Waals surface area contributed by atoms with Crippen molar-refractivity contribution in [3.8, 4) is 0 Å². The molecule has 1 aliphatic carbocycles. The van der Waals surface area contributed by atoms with E-state index >= 15 is 0 Å². The van der Waals surface area contributed by atoms with E-state index in [0.717, 1.165) is 12.8 Å². The predicted octanol–water partition coefficient (Wildman–Crippen LogP) is 1.18. The molecule has 0 spiro atoms. The number of carboxylic acid groups (broad SMARTS) is 1.